The summed E-state index contributed by atoms with van der Waals surface area (Å²) in [6.45, 7) is 6.39. The third-order valence-electron chi connectivity index (χ3n) is 4.27. The number of allylic oxidation sites excluding steroid dienone is 1. The van der Waals surface area contributed by atoms with Gasteiger partial charge in [-0.1, -0.05) is 36.4 Å². The van der Waals surface area contributed by atoms with E-state index < -0.39 is 0 Å². The second kappa shape index (κ2) is 7.87. The van der Waals surface area contributed by atoms with Crippen molar-refractivity contribution < 1.29 is 9.53 Å². The molecule has 3 aromatic rings. The second-order valence-electron chi connectivity index (χ2n) is 6.18. The normalized spacial score (nSPS) is 11.9. The monoisotopic (exact) mass is 349 g/mol. The number of methoxy groups -OCH3 is 1. The maximum atomic E-state index is 12.4. The van der Waals surface area contributed by atoms with Crippen molar-refractivity contribution in [2.45, 2.75) is 25.9 Å². The largest absolute Gasteiger partial charge is 0.497 e. The molecule has 1 N–H and O–H groups in total. The van der Waals surface area contributed by atoms with Crippen LogP contribution in [0.25, 0.3) is 11.0 Å². The van der Waals surface area contributed by atoms with E-state index in [1.165, 1.54) is 0 Å². The first-order valence-corrected chi connectivity index (χ1v) is 8.60. The molecule has 3 rings (SSSR count). The van der Waals surface area contributed by atoms with Crippen LogP contribution >= 0.6 is 0 Å². The molecule has 0 aliphatic rings. The zero-order valence-corrected chi connectivity index (χ0v) is 15.1. The van der Waals surface area contributed by atoms with Gasteiger partial charge in [-0.05, 0) is 24.6 Å². The topological polar surface area (TPSA) is 56.2 Å². The Hall–Kier alpha value is -3.08. The minimum atomic E-state index is -0.218. The maximum Gasteiger partial charge on any atom is 0.224 e. The average Bonchev–Trinajstić information content (AvgIpc) is 3.00. The van der Waals surface area contributed by atoms with Gasteiger partial charge in [0.05, 0.1) is 30.6 Å². The van der Waals surface area contributed by atoms with Crippen molar-refractivity contribution in [2.24, 2.45) is 0 Å². The fraction of sp³-hybridized carbons (Fsp3) is 0.238. The van der Waals surface area contributed by atoms with Crippen molar-refractivity contribution >= 4 is 16.9 Å². The molecular weight excluding hydrogens is 326 g/mol. The Morgan fingerprint density at radius 3 is 2.77 bits per heavy atom. The molecule has 1 atom stereocenters. The highest BCUT2D eigenvalue weighted by atomic mass is 16.5. The molecule has 0 aliphatic heterocycles. The first kappa shape index (κ1) is 17.7. The number of benzene rings is 2. The summed E-state index contributed by atoms with van der Waals surface area (Å²) in [5.41, 5.74) is 2.82. The van der Waals surface area contributed by atoms with Crippen molar-refractivity contribution in [2.75, 3.05) is 7.11 Å². The third-order valence-corrected chi connectivity index (χ3v) is 4.27. The van der Waals surface area contributed by atoms with E-state index in [1.807, 2.05) is 61.5 Å². The molecule has 0 saturated carbocycles. The number of imidazole rings is 1. The van der Waals surface area contributed by atoms with E-state index in [9.17, 15) is 4.79 Å². The summed E-state index contributed by atoms with van der Waals surface area (Å²) < 4.78 is 7.37. The molecule has 134 valence electrons. The van der Waals surface area contributed by atoms with Gasteiger partial charge in [0.1, 0.15) is 11.6 Å². The molecular formula is C21H23N3O2. The van der Waals surface area contributed by atoms with Gasteiger partial charge in [-0.25, -0.2) is 4.98 Å². The number of hydrogen-bond acceptors (Lipinski definition) is 3. The van der Waals surface area contributed by atoms with Gasteiger partial charge in [0.25, 0.3) is 0 Å². The van der Waals surface area contributed by atoms with Crippen molar-refractivity contribution in [3.05, 3.63) is 72.6 Å². The standard InChI is InChI=1S/C21H23N3O2/c1-4-12-24-19-14-17(26-3)10-11-18(19)23-21(24)15(2)22-20(25)13-16-8-6-5-7-9-16/h4-11,14-15H,1,12-13H2,2-3H3,(H,22,25). The minimum Gasteiger partial charge on any atom is -0.497 e. The molecule has 0 aliphatic carbocycles. The van der Waals surface area contributed by atoms with Crippen LogP contribution < -0.4 is 10.1 Å². The average molecular weight is 349 g/mol. The molecule has 0 bridgehead atoms. The van der Waals surface area contributed by atoms with Crippen LogP contribution in [0.15, 0.2) is 61.2 Å². The lowest BCUT2D eigenvalue weighted by Gasteiger charge is -2.15. The van der Waals surface area contributed by atoms with Crippen LogP contribution in [0, 0.1) is 0 Å². The molecule has 0 fully saturated rings. The van der Waals surface area contributed by atoms with Crippen molar-refractivity contribution in [1.82, 2.24) is 14.9 Å². The molecule has 1 aromatic heterocycles. The molecule has 2 aromatic carbocycles. The van der Waals surface area contributed by atoms with Crippen LogP contribution in [0.5, 0.6) is 5.75 Å². The molecule has 1 heterocycles. The van der Waals surface area contributed by atoms with E-state index in [0.29, 0.717) is 13.0 Å². The second-order valence-corrected chi connectivity index (χ2v) is 6.18. The zero-order chi connectivity index (χ0) is 18.5. The Balaban J connectivity index is 1.84. The molecule has 0 spiro atoms. The molecule has 1 amide bonds. The highest BCUT2D eigenvalue weighted by molar-refractivity contribution is 5.80. The Morgan fingerprint density at radius 1 is 1.31 bits per heavy atom. The van der Waals surface area contributed by atoms with Crippen LogP contribution in [0.2, 0.25) is 0 Å². The lowest BCUT2D eigenvalue weighted by atomic mass is 10.1. The molecule has 0 radical (unpaired) electrons. The summed E-state index contributed by atoms with van der Waals surface area (Å²) in [6.07, 6.45) is 2.17. The summed E-state index contributed by atoms with van der Waals surface area (Å²) in [4.78, 5) is 17.1. The quantitative estimate of drug-likeness (QED) is 0.663. The van der Waals surface area contributed by atoms with E-state index >= 15 is 0 Å². The van der Waals surface area contributed by atoms with Gasteiger partial charge in [0.15, 0.2) is 0 Å². The molecule has 0 saturated heterocycles. The van der Waals surface area contributed by atoms with E-state index in [1.54, 1.807) is 7.11 Å². The van der Waals surface area contributed by atoms with Crippen LogP contribution in [-0.2, 0) is 17.8 Å². The van der Waals surface area contributed by atoms with Crippen LogP contribution in [0.3, 0.4) is 0 Å². The highest BCUT2D eigenvalue weighted by Crippen LogP contribution is 2.25. The Labute approximate surface area is 153 Å². The molecule has 1 unspecified atom stereocenters. The van der Waals surface area contributed by atoms with Crippen LogP contribution in [0.1, 0.15) is 24.4 Å². The smallest absolute Gasteiger partial charge is 0.224 e. The first-order valence-electron chi connectivity index (χ1n) is 8.60. The zero-order valence-electron chi connectivity index (χ0n) is 15.1. The number of amides is 1. The Morgan fingerprint density at radius 2 is 2.08 bits per heavy atom. The van der Waals surface area contributed by atoms with Gasteiger partial charge in [-0.15, -0.1) is 6.58 Å². The predicted octanol–water partition coefficient (Wildman–Crippen LogP) is 3.65. The van der Waals surface area contributed by atoms with Crippen molar-refractivity contribution in [3.8, 4) is 5.75 Å². The lowest BCUT2D eigenvalue weighted by Crippen LogP contribution is -2.30. The summed E-state index contributed by atoms with van der Waals surface area (Å²) in [5, 5.41) is 3.05. The Bertz CT molecular complexity index is 916. The summed E-state index contributed by atoms with van der Waals surface area (Å²) in [7, 11) is 1.64. The number of carbonyl (C=O) groups is 1. The van der Waals surface area contributed by atoms with E-state index in [-0.39, 0.29) is 11.9 Å². The number of carbonyl (C=O) groups excluding carboxylic acids is 1. The fourth-order valence-corrected chi connectivity index (χ4v) is 3.04. The number of nitrogens with zero attached hydrogens (tertiary/aromatic N) is 2. The van der Waals surface area contributed by atoms with E-state index in [4.69, 9.17) is 9.72 Å². The molecule has 5 nitrogen and oxygen atoms in total. The maximum absolute atomic E-state index is 12.4. The SMILES string of the molecule is C=CCn1c(C(C)NC(=O)Cc2ccccc2)nc2ccc(OC)cc21. The number of nitrogens with one attached hydrogen (secondary N) is 1. The number of aromatic nitrogens is 2. The molecule has 26 heavy (non-hydrogen) atoms. The minimum absolute atomic E-state index is 0.0292. The van der Waals surface area contributed by atoms with Gasteiger partial charge in [-0.3, -0.25) is 4.79 Å². The third kappa shape index (κ3) is 3.77. The van der Waals surface area contributed by atoms with Gasteiger partial charge in [-0.2, -0.15) is 0 Å². The summed E-state index contributed by atoms with van der Waals surface area (Å²) in [6, 6.07) is 15.2. The predicted molar refractivity (Wildman–Crippen MR) is 103 cm³/mol. The fourth-order valence-electron chi connectivity index (χ4n) is 3.04. The number of ether oxygens (including phenoxy) is 1. The lowest BCUT2D eigenvalue weighted by molar-refractivity contribution is -0.121. The van der Waals surface area contributed by atoms with Crippen molar-refractivity contribution in [1.29, 1.82) is 0 Å². The first-order chi connectivity index (χ1) is 12.6. The van der Waals surface area contributed by atoms with Crippen LogP contribution in [-0.4, -0.2) is 22.6 Å². The van der Waals surface area contributed by atoms with E-state index in [2.05, 4.69) is 16.5 Å². The number of rotatable bonds is 7. The summed E-state index contributed by atoms with van der Waals surface area (Å²) >= 11 is 0. The van der Waals surface area contributed by atoms with Gasteiger partial charge in [0.2, 0.25) is 5.91 Å². The number of fused-ring (bicyclic) bond motifs is 1. The van der Waals surface area contributed by atoms with E-state index in [0.717, 1.165) is 28.2 Å². The highest BCUT2D eigenvalue weighted by Gasteiger charge is 2.18. The van der Waals surface area contributed by atoms with Crippen LogP contribution in [0.4, 0.5) is 0 Å². The molecule has 5 heteroatoms. The van der Waals surface area contributed by atoms with Crippen molar-refractivity contribution in [3.63, 3.8) is 0 Å². The van der Waals surface area contributed by atoms with Gasteiger partial charge >= 0.3 is 0 Å². The van der Waals surface area contributed by atoms with Gasteiger partial charge in [0, 0.05) is 12.6 Å². The Kier molecular flexibility index (Phi) is 5.37. The summed E-state index contributed by atoms with van der Waals surface area (Å²) in [5.74, 6) is 1.54. The van der Waals surface area contributed by atoms with Gasteiger partial charge < -0.3 is 14.6 Å². The number of hydrogen-bond donors (Lipinski definition) is 1.